The van der Waals surface area contributed by atoms with E-state index in [-0.39, 0.29) is 96.6 Å². The van der Waals surface area contributed by atoms with Crippen LogP contribution in [0.15, 0.2) is 55.1 Å². The Kier molecular flexibility index (Phi) is 11.4. The molecule has 1 aromatic heterocycles. The molecule has 3 aliphatic heterocycles. The van der Waals surface area contributed by atoms with Crippen molar-refractivity contribution in [2.45, 2.75) is 31.8 Å². The quantitative estimate of drug-likeness (QED) is 0.140. The van der Waals surface area contributed by atoms with Crippen LogP contribution >= 0.6 is 11.6 Å². The number of piperidine rings is 1. The zero-order valence-electron chi connectivity index (χ0n) is 31.4. The van der Waals surface area contributed by atoms with E-state index in [1.807, 2.05) is 4.90 Å². The number of rotatable bonds is 12. The Hall–Kier alpha value is -6.36. The fraction of sp³-hybridized carbons (Fsp3) is 0.325. The minimum Gasteiger partial charge on any atom is -0.507 e. The zero-order chi connectivity index (χ0) is 41.2. The van der Waals surface area contributed by atoms with Gasteiger partial charge in [-0.2, -0.15) is 4.98 Å². The van der Waals surface area contributed by atoms with Crippen molar-refractivity contribution < 1.29 is 42.6 Å². The largest absolute Gasteiger partial charge is 0.507 e. The van der Waals surface area contributed by atoms with Crippen molar-refractivity contribution in [3.8, 4) is 22.6 Å². The number of carbonyl (C=O) groups is 5. The van der Waals surface area contributed by atoms with E-state index in [4.69, 9.17) is 16.3 Å². The maximum absolute atomic E-state index is 16.4. The third-order valence-electron chi connectivity index (χ3n) is 10.4. The zero-order valence-corrected chi connectivity index (χ0v) is 32.2. The molecule has 7 rings (SSSR count). The average Bonchev–Trinajstić information content (AvgIpc) is 3.53. The van der Waals surface area contributed by atoms with Crippen molar-refractivity contribution in [3.63, 3.8) is 0 Å². The van der Waals surface area contributed by atoms with Gasteiger partial charge in [-0.05, 0) is 54.5 Å². The van der Waals surface area contributed by atoms with E-state index in [0.29, 0.717) is 48.9 Å². The van der Waals surface area contributed by atoms with Gasteiger partial charge in [0, 0.05) is 75.7 Å². The number of phenolic OH excluding ortho intramolecular Hbond substituents is 1. The monoisotopic (exact) mass is 816 g/mol. The fourth-order valence-corrected chi connectivity index (χ4v) is 7.58. The second-order valence-electron chi connectivity index (χ2n) is 14.0. The van der Waals surface area contributed by atoms with Gasteiger partial charge in [0.15, 0.2) is 5.82 Å². The van der Waals surface area contributed by atoms with Gasteiger partial charge in [-0.1, -0.05) is 24.2 Å². The van der Waals surface area contributed by atoms with E-state index in [1.165, 1.54) is 34.1 Å². The number of imide groups is 1. The third-order valence-corrected chi connectivity index (χ3v) is 10.7. The molecule has 5 amide bonds. The van der Waals surface area contributed by atoms with E-state index >= 15 is 4.39 Å². The van der Waals surface area contributed by atoms with Crippen LogP contribution in [0.25, 0.3) is 22.0 Å². The van der Waals surface area contributed by atoms with Gasteiger partial charge >= 0.3 is 0 Å². The summed E-state index contributed by atoms with van der Waals surface area (Å²) < 4.78 is 37.3. The predicted molar refractivity (Wildman–Crippen MR) is 209 cm³/mol. The molecular formula is C40H39ClF2N8O7. The molecule has 3 aromatic carbocycles. The fourth-order valence-electron chi connectivity index (χ4n) is 7.29. The van der Waals surface area contributed by atoms with Crippen molar-refractivity contribution in [2.24, 2.45) is 0 Å². The summed E-state index contributed by atoms with van der Waals surface area (Å²) >= 11 is 6.55. The number of halogens is 3. The topological polar surface area (TPSA) is 178 Å². The number of aromatic hydroxyl groups is 1. The number of piperazine rings is 1. The number of benzene rings is 3. The third kappa shape index (κ3) is 7.94. The normalized spacial score (nSPS) is 16.7. The molecule has 15 nitrogen and oxygen atoms in total. The van der Waals surface area contributed by atoms with Crippen LogP contribution in [0.4, 0.5) is 20.5 Å². The van der Waals surface area contributed by atoms with Gasteiger partial charge in [0.1, 0.15) is 41.3 Å². The first kappa shape index (κ1) is 39.9. The molecule has 302 valence electrons. The summed E-state index contributed by atoms with van der Waals surface area (Å²) in [6.45, 7) is 5.56. The van der Waals surface area contributed by atoms with E-state index in [1.54, 1.807) is 30.1 Å². The number of fused-ring (bicyclic) bond motifs is 2. The molecule has 18 heteroatoms. The summed E-state index contributed by atoms with van der Waals surface area (Å²) in [5.41, 5.74) is 0.163. The molecule has 0 spiro atoms. The lowest BCUT2D eigenvalue weighted by molar-refractivity contribution is -0.137. The molecule has 0 bridgehead atoms. The SMILES string of the molecule is C=CC(=O)N1CCN(c2nc(NCCC(=O)N(C)CCOc3ccc4c(c3)CN([C@H]3CCC(=O)NC3=O)C4=O)nc3c(F)c(-c4c(O)cccc4F)c(Cl)cc23)CC1. The Morgan fingerprint density at radius 3 is 2.60 bits per heavy atom. The number of carbonyl (C=O) groups excluding carboxylic acids is 5. The van der Waals surface area contributed by atoms with Crippen LogP contribution in [-0.2, 0) is 25.7 Å². The molecule has 3 aliphatic rings. The second-order valence-corrected chi connectivity index (χ2v) is 14.4. The first-order chi connectivity index (χ1) is 27.8. The molecule has 4 heterocycles. The van der Waals surface area contributed by atoms with Crippen LogP contribution in [0.3, 0.4) is 0 Å². The average molecular weight is 817 g/mol. The van der Waals surface area contributed by atoms with Gasteiger partial charge in [-0.15, -0.1) is 0 Å². The van der Waals surface area contributed by atoms with Crippen LogP contribution in [0.1, 0.15) is 35.2 Å². The molecule has 0 aliphatic carbocycles. The first-order valence-corrected chi connectivity index (χ1v) is 18.9. The number of anilines is 2. The Morgan fingerprint density at radius 1 is 1.10 bits per heavy atom. The number of nitrogens with zero attached hydrogens (tertiary/aromatic N) is 6. The van der Waals surface area contributed by atoms with Crippen molar-refractivity contribution >= 4 is 63.8 Å². The number of aromatic nitrogens is 2. The van der Waals surface area contributed by atoms with E-state index in [9.17, 15) is 33.5 Å². The lowest BCUT2D eigenvalue weighted by atomic mass is 10.0. The Bertz CT molecular complexity index is 2340. The molecule has 2 fully saturated rings. The highest BCUT2D eigenvalue weighted by Crippen LogP contribution is 2.42. The molecule has 58 heavy (non-hydrogen) atoms. The Labute approximate surface area is 336 Å². The van der Waals surface area contributed by atoms with Gasteiger partial charge in [0.05, 0.1) is 17.1 Å². The van der Waals surface area contributed by atoms with E-state index in [0.717, 1.165) is 6.07 Å². The lowest BCUT2D eigenvalue weighted by Crippen LogP contribution is -2.52. The minimum absolute atomic E-state index is 0.00412. The van der Waals surface area contributed by atoms with Crippen molar-refractivity contribution in [2.75, 3.05) is 63.1 Å². The summed E-state index contributed by atoms with van der Waals surface area (Å²) in [5, 5.41) is 15.8. The molecule has 0 saturated carbocycles. The number of phenols is 1. The van der Waals surface area contributed by atoms with Crippen molar-refractivity contribution in [3.05, 3.63) is 82.9 Å². The highest BCUT2D eigenvalue weighted by molar-refractivity contribution is 6.34. The van der Waals surface area contributed by atoms with E-state index in [2.05, 4.69) is 27.2 Å². The molecule has 4 aromatic rings. The molecule has 3 N–H and O–H groups in total. The number of hydrogen-bond acceptors (Lipinski definition) is 11. The number of likely N-dealkylation sites (N-methyl/N-ethyl adjacent to an activating group) is 1. The maximum Gasteiger partial charge on any atom is 0.255 e. The van der Waals surface area contributed by atoms with Gasteiger partial charge in [0.25, 0.3) is 5.91 Å². The number of ether oxygens (including phenoxy) is 1. The predicted octanol–water partition coefficient (Wildman–Crippen LogP) is 3.87. The van der Waals surface area contributed by atoms with Gasteiger partial charge in [0.2, 0.25) is 29.6 Å². The summed E-state index contributed by atoms with van der Waals surface area (Å²) in [4.78, 5) is 77.7. The smallest absolute Gasteiger partial charge is 0.255 e. The minimum atomic E-state index is -0.979. The Morgan fingerprint density at radius 2 is 1.88 bits per heavy atom. The summed E-state index contributed by atoms with van der Waals surface area (Å²) in [7, 11) is 1.62. The number of hydrogen-bond donors (Lipinski definition) is 3. The molecular weight excluding hydrogens is 778 g/mol. The van der Waals surface area contributed by atoms with Gasteiger partial charge in [-0.25, -0.2) is 13.8 Å². The molecule has 0 radical (unpaired) electrons. The maximum atomic E-state index is 16.4. The second kappa shape index (κ2) is 16.6. The van der Waals surface area contributed by atoms with Gasteiger partial charge in [-0.3, -0.25) is 29.3 Å². The number of nitrogens with one attached hydrogen (secondary N) is 2. The summed E-state index contributed by atoms with van der Waals surface area (Å²) in [6, 6.07) is 9.28. The van der Waals surface area contributed by atoms with Crippen LogP contribution < -0.4 is 20.3 Å². The van der Waals surface area contributed by atoms with Crippen molar-refractivity contribution in [1.82, 2.24) is 30.0 Å². The van der Waals surface area contributed by atoms with Gasteiger partial charge < -0.3 is 34.8 Å². The molecule has 1 atom stereocenters. The highest BCUT2D eigenvalue weighted by Gasteiger charge is 2.39. The van der Waals surface area contributed by atoms with Crippen LogP contribution in [0.2, 0.25) is 5.02 Å². The van der Waals surface area contributed by atoms with E-state index < -0.39 is 34.9 Å². The first-order valence-electron chi connectivity index (χ1n) is 18.6. The van der Waals surface area contributed by atoms with Crippen molar-refractivity contribution in [1.29, 1.82) is 0 Å². The Balaban J connectivity index is 1.01. The van der Waals surface area contributed by atoms with Crippen LogP contribution in [0, 0.1) is 11.6 Å². The standard InChI is InChI=1S/C40H39ClF2N8O7/c1-3-31(54)49-13-15-50(16-14-49)37-25-20-26(41)33(34-27(42)5-4-6-29(34)52)35(43)36(25)46-40(47-37)44-12-11-32(55)48(2)17-18-58-23-7-8-24-22(19-23)21-51(39(24)57)28-9-10-30(53)45-38(28)56/h3-8,19-20,28,52H,1,9-18,21H2,2H3,(H,44,46,47)(H,45,53,56)/t28-/m0/s1. The highest BCUT2D eigenvalue weighted by atomic mass is 35.5. The lowest BCUT2D eigenvalue weighted by Gasteiger charge is -2.35. The molecule has 2 saturated heterocycles. The molecule has 0 unspecified atom stereocenters. The summed E-state index contributed by atoms with van der Waals surface area (Å²) in [6.07, 6.45) is 1.66. The number of amides is 5. The van der Waals surface area contributed by atoms with Crippen LogP contribution in [-0.4, -0.2) is 118 Å². The van der Waals surface area contributed by atoms with Crippen LogP contribution in [0.5, 0.6) is 11.5 Å². The summed E-state index contributed by atoms with van der Waals surface area (Å²) in [5.74, 6) is -3.19.